The van der Waals surface area contributed by atoms with Crippen LogP contribution >= 0.6 is 27.3 Å². The van der Waals surface area contributed by atoms with Gasteiger partial charge in [-0.3, -0.25) is 9.69 Å². The topological polar surface area (TPSA) is 77.3 Å². The predicted octanol–water partition coefficient (Wildman–Crippen LogP) is 4.78. The Morgan fingerprint density at radius 3 is 2.65 bits per heavy atom. The number of aryl methyl sites for hydroxylation is 1. The standard InChI is InChI=1S/C22H19BrN4O3S/c1-30-21(29)16-5-3-15(4-6-16)20(28)27(11-2-10-26-12-9-24-14-26)22-25-18-8-7-17(23)13-19(18)31-22/h3-9,12-14H,2,10-11H2,1H3. The van der Waals surface area contributed by atoms with Crippen molar-refractivity contribution in [2.75, 3.05) is 18.6 Å². The number of fused-ring (bicyclic) bond motifs is 1. The van der Waals surface area contributed by atoms with Crippen molar-refractivity contribution in [1.29, 1.82) is 0 Å². The first-order valence-electron chi connectivity index (χ1n) is 9.57. The Morgan fingerprint density at radius 1 is 1.16 bits per heavy atom. The number of ether oxygens (including phenoxy) is 1. The molecule has 2 aromatic carbocycles. The van der Waals surface area contributed by atoms with Crippen molar-refractivity contribution >= 4 is 54.5 Å². The van der Waals surface area contributed by atoms with Gasteiger partial charge in [-0.1, -0.05) is 27.3 Å². The van der Waals surface area contributed by atoms with Crippen LogP contribution in [-0.4, -0.2) is 40.1 Å². The van der Waals surface area contributed by atoms with Crippen LogP contribution in [0.2, 0.25) is 0 Å². The molecule has 0 saturated heterocycles. The fraction of sp³-hybridized carbons (Fsp3) is 0.182. The van der Waals surface area contributed by atoms with Crippen LogP contribution in [0.4, 0.5) is 5.13 Å². The van der Waals surface area contributed by atoms with Crippen molar-refractivity contribution in [2.45, 2.75) is 13.0 Å². The summed E-state index contributed by atoms with van der Waals surface area (Å²) in [5, 5.41) is 0.640. The maximum atomic E-state index is 13.4. The van der Waals surface area contributed by atoms with Crippen LogP contribution in [0.1, 0.15) is 27.1 Å². The van der Waals surface area contributed by atoms with Gasteiger partial charge in [0.25, 0.3) is 5.91 Å². The summed E-state index contributed by atoms with van der Waals surface area (Å²) in [5.41, 5.74) is 1.72. The molecule has 0 saturated carbocycles. The zero-order valence-electron chi connectivity index (χ0n) is 16.7. The van der Waals surface area contributed by atoms with E-state index in [0.717, 1.165) is 27.7 Å². The molecular formula is C22H19BrN4O3S. The number of aromatic nitrogens is 3. The number of amides is 1. The van der Waals surface area contributed by atoms with Gasteiger partial charge >= 0.3 is 5.97 Å². The van der Waals surface area contributed by atoms with Gasteiger partial charge in [0.05, 0.1) is 29.2 Å². The summed E-state index contributed by atoms with van der Waals surface area (Å²) in [5.74, 6) is -0.604. The number of hydrogen-bond donors (Lipinski definition) is 0. The average molecular weight is 499 g/mol. The van der Waals surface area contributed by atoms with Crippen molar-refractivity contribution in [3.8, 4) is 0 Å². The van der Waals surface area contributed by atoms with Crippen LogP contribution in [0.3, 0.4) is 0 Å². The van der Waals surface area contributed by atoms with E-state index in [4.69, 9.17) is 4.74 Å². The zero-order valence-corrected chi connectivity index (χ0v) is 19.1. The summed E-state index contributed by atoms with van der Waals surface area (Å²) in [4.78, 5) is 35.5. The second-order valence-electron chi connectivity index (χ2n) is 6.79. The highest BCUT2D eigenvalue weighted by atomic mass is 79.9. The first kappa shape index (κ1) is 21.2. The number of methoxy groups -OCH3 is 1. The minimum atomic E-state index is -0.437. The lowest BCUT2D eigenvalue weighted by Crippen LogP contribution is -2.32. The van der Waals surface area contributed by atoms with Crippen molar-refractivity contribution in [3.05, 3.63) is 76.8 Å². The Labute approximate surface area is 191 Å². The Hall–Kier alpha value is -3.04. The van der Waals surface area contributed by atoms with Gasteiger partial charge in [-0.15, -0.1) is 0 Å². The molecular weight excluding hydrogens is 480 g/mol. The molecule has 0 aliphatic carbocycles. The molecule has 0 radical (unpaired) electrons. The van der Waals surface area contributed by atoms with E-state index in [1.54, 1.807) is 41.7 Å². The number of esters is 1. The largest absolute Gasteiger partial charge is 0.465 e. The molecule has 0 unspecified atom stereocenters. The van der Waals surface area contributed by atoms with Crippen molar-refractivity contribution in [2.24, 2.45) is 0 Å². The monoisotopic (exact) mass is 498 g/mol. The number of benzene rings is 2. The van der Waals surface area contributed by atoms with Gasteiger partial charge in [0.15, 0.2) is 5.13 Å². The lowest BCUT2D eigenvalue weighted by molar-refractivity contribution is 0.0600. The molecule has 0 spiro atoms. The normalized spacial score (nSPS) is 10.9. The number of nitrogens with zero attached hydrogens (tertiary/aromatic N) is 4. The smallest absolute Gasteiger partial charge is 0.337 e. The minimum Gasteiger partial charge on any atom is -0.465 e. The Kier molecular flexibility index (Phi) is 6.43. The quantitative estimate of drug-likeness (QED) is 0.342. The van der Waals surface area contributed by atoms with Gasteiger partial charge in [0, 0.05) is 35.5 Å². The van der Waals surface area contributed by atoms with Gasteiger partial charge in [-0.2, -0.15) is 0 Å². The van der Waals surface area contributed by atoms with E-state index in [1.165, 1.54) is 18.4 Å². The fourth-order valence-electron chi connectivity index (χ4n) is 3.14. The van der Waals surface area contributed by atoms with E-state index >= 15 is 0 Å². The predicted molar refractivity (Wildman–Crippen MR) is 124 cm³/mol. The summed E-state index contributed by atoms with van der Waals surface area (Å²) in [6.45, 7) is 1.23. The summed E-state index contributed by atoms with van der Waals surface area (Å²) < 4.78 is 8.67. The zero-order chi connectivity index (χ0) is 21.8. The molecule has 0 atom stereocenters. The molecule has 2 aromatic heterocycles. The van der Waals surface area contributed by atoms with E-state index in [2.05, 4.69) is 25.9 Å². The van der Waals surface area contributed by atoms with Crippen molar-refractivity contribution in [3.63, 3.8) is 0 Å². The maximum absolute atomic E-state index is 13.4. The van der Waals surface area contributed by atoms with Gasteiger partial charge in [0.2, 0.25) is 0 Å². The van der Waals surface area contributed by atoms with Gasteiger partial charge in [-0.05, 0) is 48.9 Å². The first-order chi connectivity index (χ1) is 15.0. The van der Waals surface area contributed by atoms with E-state index in [9.17, 15) is 9.59 Å². The third-order valence-corrected chi connectivity index (χ3v) is 6.26. The molecule has 0 N–H and O–H groups in total. The maximum Gasteiger partial charge on any atom is 0.337 e. The summed E-state index contributed by atoms with van der Waals surface area (Å²) in [6, 6.07) is 12.3. The van der Waals surface area contributed by atoms with Crippen LogP contribution in [0.25, 0.3) is 10.2 Å². The molecule has 0 fully saturated rings. The summed E-state index contributed by atoms with van der Waals surface area (Å²) in [6.07, 6.45) is 6.12. The number of imidazole rings is 1. The van der Waals surface area contributed by atoms with Crippen molar-refractivity contribution < 1.29 is 14.3 Å². The second-order valence-corrected chi connectivity index (χ2v) is 8.71. The Bertz CT molecular complexity index is 1210. The van der Waals surface area contributed by atoms with Gasteiger partial charge in [0.1, 0.15) is 0 Å². The SMILES string of the molecule is COC(=O)c1ccc(C(=O)N(CCCn2ccnc2)c2nc3ccc(Br)cc3s2)cc1. The lowest BCUT2D eigenvalue weighted by atomic mass is 10.1. The highest BCUT2D eigenvalue weighted by Crippen LogP contribution is 2.32. The van der Waals surface area contributed by atoms with Crippen LogP contribution in [0, 0.1) is 0 Å². The van der Waals surface area contributed by atoms with Crippen LogP contribution in [0.5, 0.6) is 0 Å². The minimum absolute atomic E-state index is 0.167. The lowest BCUT2D eigenvalue weighted by Gasteiger charge is -2.20. The second kappa shape index (κ2) is 9.40. The molecule has 0 aliphatic rings. The Morgan fingerprint density at radius 2 is 1.94 bits per heavy atom. The highest BCUT2D eigenvalue weighted by Gasteiger charge is 2.21. The fourth-order valence-corrected chi connectivity index (χ4v) is 4.68. The number of hydrogen-bond acceptors (Lipinski definition) is 6. The van der Waals surface area contributed by atoms with Crippen LogP contribution < -0.4 is 4.90 Å². The Balaban J connectivity index is 1.61. The first-order valence-corrected chi connectivity index (χ1v) is 11.2. The number of anilines is 1. The summed E-state index contributed by atoms with van der Waals surface area (Å²) >= 11 is 4.96. The molecule has 31 heavy (non-hydrogen) atoms. The molecule has 2 heterocycles. The molecule has 0 bridgehead atoms. The molecule has 0 aliphatic heterocycles. The third-order valence-electron chi connectivity index (χ3n) is 4.73. The van der Waals surface area contributed by atoms with Crippen LogP contribution in [-0.2, 0) is 11.3 Å². The third kappa shape index (κ3) is 4.83. The molecule has 158 valence electrons. The molecule has 4 rings (SSSR count). The molecule has 1 amide bonds. The van der Waals surface area contributed by atoms with Gasteiger partial charge in [-0.25, -0.2) is 14.8 Å². The van der Waals surface area contributed by atoms with E-state index in [1.807, 2.05) is 29.0 Å². The average Bonchev–Trinajstić information content (AvgIpc) is 3.45. The number of thiazole rings is 1. The molecule has 9 heteroatoms. The summed E-state index contributed by atoms with van der Waals surface area (Å²) in [7, 11) is 1.33. The van der Waals surface area contributed by atoms with E-state index < -0.39 is 5.97 Å². The van der Waals surface area contributed by atoms with E-state index in [-0.39, 0.29) is 5.91 Å². The molecule has 7 nitrogen and oxygen atoms in total. The van der Waals surface area contributed by atoms with Crippen molar-refractivity contribution in [1.82, 2.24) is 14.5 Å². The van der Waals surface area contributed by atoms with Crippen LogP contribution in [0.15, 0.2) is 65.7 Å². The number of rotatable bonds is 7. The number of carbonyl (C=O) groups excluding carboxylic acids is 2. The highest BCUT2D eigenvalue weighted by molar-refractivity contribution is 9.10. The number of halogens is 1. The van der Waals surface area contributed by atoms with E-state index in [0.29, 0.717) is 22.8 Å². The van der Waals surface area contributed by atoms with Gasteiger partial charge < -0.3 is 9.30 Å². The molecule has 4 aromatic rings. The number of carbonyl (C=O) groups is 2.